The Morgan fingerprint density at radius 2 is 1.92 bits per heavy atom. The van der Waals surface area contributed by atoms with Crippen molar-refractivity contribution in [2.75, 3.05) is 46.9 Å². The van der Waals surface area contributed by atoms with Crippen LogP contribution in [0, 0.1) is 23.7 Å². The summed E-state index contributed by atoms with van der Waals surface area (Å²) in [5, 5.41) is 10.6. The molecule has 10 nitrogen and oxygen atoms in total. The normalized spacial score (nSPS) is 41.8. The molecule has 5 fully saturated rings. The third-order valence-electron chi connectivity index (χ3n) is 10.2. The summed E-state index contributed by atoms with van der Waals surface area (Å²) in [4.78, 5) is 30.5. The lowest BCUT2D eigenvalue weighted by Crippen LogP contribution is -3.26. The highest BCUT2D eigenvalue weighted by atomic mass is 16.5. The number of amides is 2. The SMILES string of the molecule is COC1CCC(CCNC(=O)C2CC3C(=O)N4CCCCC4NC3[NH+](CC3CCCNC3)C2N)CC1OC. The van der Waals surface area contributed by atoms with Crippen LogP contribution in [0.3, 0.4) is 0 Å². The molecule has 2 amide bonds. The number of rotatable bonds is 8. The minimum atomic E-state index is -0.356. The average molecular weight is 536 g/mol. The molecule has 216 valence electrons. The van der Waals surface area contributed by atoms with Crippen molar-refractivity contribution >= 4 is 11.8 Å². The molecule has 4 heterocycles. The van der Waals surface area contributed by atoms with Crippen molar-refractivity contribution in [1.29, 1.82) is 0 Å². The van der Waals surface area contributed by atoms with E-state index in [1.807, 2.05) is 4.90 Å². The molecular weight excluding hydrogens is 484 g/mol. The van der Waals surface area contributed by atoms with E-state index < -0.39 is 0 Å². The zero-order valence-electron chi connectivity index (χ0n) is 23.5. The molecule has 5 aliphatic rings. The summed E-state index contributed by atoms with van der Waals surface area (Å²) in [7, 11) is 3.51. The fourth-order valence-corrected chi connectivity index (χ4v) is 8.00. The fraction of sp³-hybridized carbons (Fsp3) is 0.929. The molecule has 0 aromatic rings. The molecule has 0 radical (unpaired) electrons. The van der Waals surface area contributed by atoms with Crippen molar-refractivity contribution < 1.29 is 24.0 Å². The standard InChI is InChI=1S/C28H50N6O4/c1-37-22-9-8-18(14-23(22)38-2)10-12-31-27(35)20-15-21-26(32-24-7-3-4-13-33(24)28(21)36)34(25(20)29)17-19-6-5-11-30-16-19/h18-26,30,32H,3-17,29H2,1-2H3,(H,31,35)/p+1. The third-order valence-corrected chi connectivity index (χ3v) is 10.2. The number of quaternary nitrogens is 1. The molecule has 4 aliphatic heterocycles. The lowest BCUT2D eigenvalue weighted by Gasteiger charge is -2.53. The molecule has 10 atom stereocenters. The van der Waals surface area contributed by atoms with Crippen molar-refractivity contribution in [2.24, 2.45) is 29.4 Å². The molecule has 0 bridgehead atoms. The number of hydrogen-bond acceptors (Lipinski definition) is 7. The summed E-state index contributed by atoms with van der Waals surface area (Å²) in [5.74, 6) is 0.714. The predicted molar refractivity (Wildman–Crippen MR) is 144 cm³/mol. The van der Waals surface area contributed by atoms with Crippen molar-refractivity contribution in [2.45, 2.75) is 94.9 Å². The van der Waals surface area contributed by atoms with E-state index in [0.717, 1.165) is 71.1 Å². The first kappa shape index (κ1) is 28.2. The van der Waals surface area contributed by atoms with Crippen LogP contribution in [0.1, 0.15) is 64.2 Å². The molecule has 10 unspecified atom stereocenters. The van der Waals surface area contributed by atoms with Crippen molar-refractivity contribution in [3.63, 3.8) is 0 Å². The van der Waals surface area contributed by atoms with Gasteiger partial charge in [-0.2, -0.15) is 0 Å². The van der Waals surface area contributed by atoms with Gasteiger partial charge in [0, 0.05) is 39.8 Å². The van der Waals surface area contributed by atoms with Gasteiger partial charge in [0.2, 0.25) is 11.8 Å². The van der Waals surface area contributed by atoms with E-state index in [2.05, 4.69) is 16.0 Å². The summed E-state index contributed by atoms with van der Waals surface area (Å²) < 4.78 is 11.2. The highest BCUT2D eigenvalue weighted by Gasteiger charge is 2.55. The number of carbonyl (C=O) groups excluding carboxylic acids is 2. The molecule has 6 N–H and O–H groups in total. The van der Waals surface area contributed by atoms with Crippen LogP contribution >= 0.6 is 0 Å². The summed E-state index contributed by atoms with van der Waals surface area (Å²) in [6.07, 6.45) is 10.1. The van der Waals surface area contributed by atoms with Gasteiger partial charge in [-0.3, -0.25) is 15.3 Å². The first-order valence-electron chi connectivity index (χ1n) is 15.2. The van der Waals surface area contributed by atoms with Gasteiger partial charge in [-0.15, -0.1) is 0 Å². The van der Waals surface area contributed by atoms with Gasteiger partial charge in [-0.1, -0.05) is 0 Å². The number of nitrogens with two attached hydrogens (primary N) is 1. The van der Waals surface area contributed by atoms with Gasteiger partial charge in [-0.25, -0.2) is 5.32 Å². The zero-order chi connectivity index (χ0) is 26.6. The maximum Gasteiger partial charge on any atom is 0.234 e. The Morgan fingerprint density at radius 3 is 2.68 bits per heavy atom. The van der Waals surface area contributed by atoms with Crippen molar-refractivity contribution in [3.8, 4) is 0 Å². The van der Waals surface area contributed by atoms with Crippen molar-refractivity contribution in [1.82, 2.24) is 20.9 Å². The number of hydrogen-bond donors (Lipinski definition) is 5. The van der Waals surface area contributed by atoms with Crippen LogP contribution in [0.2, 0.25) is 0 Å². The quantitative estimate of drug-likeness (QED) is 0.281. The van der Waals surface area contributed by atoms with Gasteiger partial charge in [0.05, 0.1) is 24.9 Å². The first-order valence-corrected chi connectivity index (χ1v) is 15.2. The smallest absolute Gasteiger partial charge is 0.234 e. The van der Waals surface area contributed by atoms with Crippen LogP contribution in [0.25, 0.3) is 0 Å². The number of nitrogens with zero attached hydrogens (tertiary/aromatic N) is 1. The van der Waals surface area contributed by atoms with Gasteiger partial charge in [0.1, 0.15) is 11.8 Å². The van der Waals surface area contributed by atoms with Crippen LogP contribution in [0.4, 0.5) is 0 Å². The highest BCUT2D eigenvalue weighted by molar-refractivity contribution is 5.83. The molecule has 4 saturated heterocycles. The van der Waals surface area contributed by atoms with E-state index in [-0.39, 0.29) is 54.4 Å². The Balaban J connectivity index is 1.23. The van der Waals surface area contributed by atoms with Gasteiger partial charge < -0.3 is 29.9 Å². The Morgan fingerprint density at radius 1 is 1.08 bits per heavy atom. The second-order valence-corrected chi connectivity index (χ2v) is 12.5. The summed E-state index contributed by atoms with van der Waals surface area (Å²) in [6, 6.07) is 0. The van der Waals surface area contributed by atoms with Crippen LogP contribution in [-0.2, 0) is 19.1 Å². The largest absolute Gasteiger partial charge is 0.379 e. The van der Waals surface area contributed by atoms with Crippen LogP contribution < -0.4 is 26.6 Å². The van der Waals surface area contributed by atoms with Crippen LogP contribution in [0.5, 0.6) is 0 Å². The molecule has 38 heavy (non-hydrogen) atoms. The molecule has 0 spiro atoms. The van der Waals surface area contributed by atoms with E-state index in [0.29, 0.717) is 24.8 Å². The molecule has 1 aliphatic carbocycles. The summed E-state index contributed by atoms with van der Waals surface area (Å²) >= 11 is 0. The van der Waals surface area contributed by atoms with Gasteiger partial charge >= 0.3 is 0 Å². The summed E-state index contributed by atoms with van der Waals surface area (Å²) in [6.45, 7) is 4.41. The second kappa shape index (κ2) is 12.9. The second-order valence-electron chi connectivity index (χ2n) is 12.5. The number of ether oxygens (including phenoxy) is 2. The lowest BCUT2D eigenvalue weighted by atomic mass is 9.79. The first-order chi connectivity index (χ1) is 18.5. The maximum absolute atomic E-state index is 13.7. The lowest BCUT2D eigenvalue weighted by molar-refractivity contribution is -0.967. The summed E-state index contributed by atoms with van der Waals surface area (Å²) in [5.41, 5.74) is 6.93. The number of carbonyl (C=O) groups is 2. The Kier molecular flexibility index (Phi) is 9.59. The third kappa shape index (κ3) is 6.05. The Bertz CT molecular complexity index is 810. The molecular formula is C28H51N6O4+. The van der Waals surface area contributed by atoms with E-state index in [4.69, 9.17) is 15.2 Å². The minimum Gasteiger partial charge on any atom is -0.379 e. The van der Waals surface area contributed by atoms with Crippen LogP contribution in [0.15, 0.2) is 0 Å². The van der Waals surface area contributed by atoms with E-state index in [9.17, 15) is 9.59 Å². The Hall–Kier alpha value is -1.30. The number of piperidine rings is 3. The highest BCUT2D eigenvalue weighted by Crippen LogP contribution is 2.32. The molecule has 10 heteroatoms. The van der Waals surface area contributed by atoms with Gasteiger partial charge in [0.15, 0.2) is 12.3 Å². The fourth-order valence-electron chi connectivity index (χ4n) is 8.00. The monoisotopic (exact) mass is 535 g/mol. The average Bonchev–Trinajstić information content (AvgIpc) is 2.95. The van der Waals surface area contributed by atoms with Gasteiger partial charge in [0.25, 0.3) is 0 Å². The number of likely N-dealkylation sites (tertiary alicyclic amines) is 1. The minimum absolute atomic E-state index is 0.00947. The molecule has 1 saturated carbocycles. The number of fused-ring (bicyclic) bond motifs is 2. The number of methoxy groups -OCH3 is 2. The zero-order valence-corrected chi connectivity index (χ0v) is 23.5. The van der Waals surface area contributed by atoms with Crippen molar-refractivity contribution in [3.05, 3.63) is 0 Å². The topological polar surface area (TPSA) is 122 Å². The van der Waals surface area contributed by atoms with E-state index in [1.165, 1.54) is 17.7 Å². The predicted octanol–water partition coefficient (Wildman–Crippen LogP) is -0.604. The number of nitrogens with one attached hydrogen (secondary N) is 4. The Labute approximate surface area is 228 Å². The van der Waals surface area contributed by atoms with Crippen LogP contribution in [-0.4, -0.2) is 94.4 Å². The van der Waals surface area contributed by atoms with Gasteiger partial charge in [-0.05, 0) is 76.7 Å². The molecule has 0 aromatic carbocycles. The van der Waals surface area contributed by atoms with E-state index >= 15 is 0 Å². The molecule has 0 aromatic heterocycles. The maximum atomic E-state index is 13.7. The van der Waals surface area contributed by atoms with E-state index in [1.54, 1.807) is 14.2 Å². The molecule has 5 rings (SSSR count).